The number of thiophene rings is 1. The van der Waals surface area contributed by atoms with E-state index in [1.54, 1.807) is 0 Å². The van der Waals surface area contributed by atoms with Crippen LogP contribution < -0.4 is 0 Å². The summed E-state index contributed by atoms with van der Waals surface area (Å²) in [5, 5.41) is 2.18. The van der Waals surface area contributed by atoms with E-state index in [-0.39, 0.29) is 0 Å². The van der Waals surface area contributed by atoms with Crippen LogP contribution in [0.25, 0.3) is 0 Å². The molecule has 1 fully saturated rings. The topological polar surface area (TPSA) is 0 Å². The average molecular weight is 285 g/mol. The van der Waals surface area contributed by atoms with Crippen LogP contribution in [0.2, 0.25) is 0 Å². The van der Waals surface area contributed by atoms with Gasteiger partial charge >= 0.3 is 0 Å². The van der Waals surface area contributed by atoms with Gasteiger partial charge in [-0.05, 0) is 54.9 Å². The third kappa shape index (κ3) is 3.74. The van der Waals surface area contributed by atoms with Crippen molar-refractivity contribution in [2.24, 2.45) is 11.3 Å². The maximum absolute atomic E-state index is 6.31. The number of rotatable bonds is 6. The van der Waals surface area contributed by atoms with Crippen molar-refractivity contribution >= 4 is 22.9 Å². The average Bonchev–Trinajstić information content (AvgIpc) is 2.91. The zero-order valence-electron chi connectivity index (χ0n) is 11.5. The molecular weight excluding hydrogens is 260 g/mol. The van der Waals surface area contributed by atoms with E-state index in [2.05, 4.69) is 24.4 Å². The fourth-order valence-corrected chi connectivity index (χ4v) is 4.45. The van der Waals surface area contributed by atoms with E-state index >= 15 is 0 Å². The maximum Gasteiger partial charge on any atom is 0.0283 e. The first kappa shape index (κ1) is 14.4. The smallest absolute Gasteiger partial charge is 0.0283 e. The molecule has 0 amide bonds. The van der Waals surface area contributed by atoms with E-state index in [0.29, 0.717) is 5.41 Å². The van der Waals surface area contributed by atoms with Crippen molar-refractivity contribution < 1.29 is 0 Å². The highest BCUT2D eigenvalue weighted by molar-refractivity contribution is 7.09. The lowest BCUT2D eigenvalue weighted by Crippen LogP contribution is -2.31. The Balaban J connectivity index is 1.87. The third-order valence-electron chi connectivity index (χ3n) is 4.54. The maximum atomic E-state index is 6.31. The van der Waals surface area contributed by atoms with Crippen molar-refractivity contribution in [3.63, 3.8) is 0 Å². The van der Waals surface area contributed by atoms with E-state index in [1.165, 1.54) is 56.2 Å². The molecule has 0 unspecified atom stereocenters. The fourth-order valence-electron chi connectivity index (χ4n) is 3.21. The molecule has 0 N–H and O–H groups in total. The van der Waals surface area contributed by atoms with Crippen molar-refractivity contribution in [1.29, 1.82) is 0 Å². The highest BCUT2D eigenvalue weighted by atomic mass is 35.5. The molecule has 0 nitrogen and oxygen atoms in total. The van der Waals surface area contributed by atoms with Crippen molar-refractivity contribution in [2.45, 2.75) is 58.3 Å². The fraction of sp³-hybridized carbons (Fsp3) is 0.750. The van der Waals surface area contributed by atoms with Crippen LogP contribution in [0.1, 0.15) is 56.7 Å². The molecule has 2 rings (SSSR count). The summed E-state index contributed by atoms with van der Waals surface area (Å²) in [7, 11) is 0. The zero-order chi connectivity index (χ0) is 12.8. The predicted octanol–water partition coefficient (Wildman–Crippen LogP) is 5.90. The molecule has 0 radical (unpaired) electrons. The van der Waals surface area contributed by atoms with Crippen molar-refractivity contribution in [3.05, 3.63) is 22.4 Å². The highest BCUT2D eigenvalue weighted by Crippen LogP contribution is 2.44. The summed E-state index contributed by atoms with van der Waals surface area (Å²) in [4.78, 5) is 1.52. The van der Waals surface area contributed by atoms with E-state index in [4.69, 9.17) is 11.6 Å². The molecular formula is C16H25ClS. The summed E-state index contributed by atoms with van der Waals surface area (Å²) in [6, 6.07) is 4.43. The first-order chi connectivity index (χ1) is 8.78. The normalized spacial score (nSPS) is 28.4. The Labute approximate surface area is 121 Å². The van der Waals surface area contributed by atoms with E-state index in [9.17, 15) is 0 Å². The monoisotopic (exact) mass is 284 g/mol. The molecule has 1 aliphatic rings. The van der Waals surface area contributed by atoms with Crippen molar-refractivity contribution in [3.8, 4) is 0 Å². The Morgan fingerprint density at radius 3 is 2.72 bits per heavy atom. The molecule has 0 aliphatic heterocycles. The number of unbranched alkanes of at least 4 members (excludes halogenated alkanes) is 1. The molecule has 0 aromatic carbocycles. The highest BCUT2D eigenvalue weighted by Gasteiger charge is 2.34. The second-order valence-corrected chi connectivity index (χ2v) is 7.27. The molecule has 0 spiro atoms. The lowest BCUT2D eigenvalue weighted by molar-refractivity contribution is 0.167. The van der Waals surface area contributed by atoms with Gasteiger partial charge in [0, 0.05) is 10.8 Å². The molecule has 0 saturated heterocycles. The lowest BCUT2D eigenvalue weighted by atomic mass is 9.68. The first-order valence-electron chi connectivity index (χ1n) is 7.36. The van der Waals surface area contributed by atoms with Gasteiger partial charge in [0.05, 0.1) is 0 Å². The van der Waals surface area contributed by atoms with Gasteiger partial charge in [-0.2, -0.15) is 0 Å². The molecule has 102 valence electrons. The minimum Gasteiger partial charge on any atom is -0.149 e. The van der Waals surface area contributed by atoms with Crippen LogP contribution in [0.3, 0.4) is 0 Å². The number of hydrogen-bond acceptors (Lipinski definition) is 1. The van der Waals surface area contributed by atoms with E-state index in [1.807, 2.05) is 11.3 Å². The molecule has 18 heavy (non-hydrogen) atoms. The van der Waals surface area contributed by atoms with Crippen LogP contribution in [-0.2, 0) is 6.42 Å². The molecule has 1 heterocycles. The molecule has 0 atom stereocenters. The van der Waals surface area contributed by atoms with E-state index < -0.39 is 0 Å². The lowest BCUT2D eigenvalue weighted by Gasteiger charge is -2.39. The standard InChI is InChI=1S/C16H25ClS/c1-2-3-5-14-7-9-16(13-17,10-8-14)12-15-6-4-11-18-15/h4,6,11,14H,2-3,5,7-10,12-13H2,1H3. The van der Waals surface area contributed by atoms with Crippen molar-refractivity contribution in [2.75, 3.05) is 5.88 Å². The first-order valence-corrected chi connectivity index (χ1v) is 8.78. The Bertz CT molecular complexity index is 323. The number of alkyl halides is 1. The van der Waals surface area contributed by atoms with Crippen LogP contribution in [-0.4, -0.2) is 5.88 Å². The molecule has 2 heteroatoms. The minimum absolute atomic E-state index is 0.398. The Kier molecular flexibility index (Phi) is 5.56. The second-order valence-electron chi connectivity index (χ2n) is 5.98. The molecule has 1 aromatic rings. The van der Waals surface area contributed by atoms with Crippen LogP contribution >= 0.6 is 22.9 Å². The quantitative estimate of drug-likeness (QED) is 0.571. The van der Waals surface area contributed by atoms with Gasteiger partial charge in [0.25, 0.3) is 0 Å². The summed E-state index contributed by atoms with van der Waals surface area (Å²) in [5.41, 5.74) is 0.398. The van der Waals surface area contributed by atoms with Gasteiger partial charge in [0.2, 0.25) is 0 Å². The van der Waals surface area contributed by atoms with Gasteiger partial charge in [0.1, 0.15) is 0 Å². The molecule has 1 saturated carbocycles. The Morgan fingerprint density at radius 1 is 1.39 bits per heavy atom. The second kappa shape index (κ2) is 6.96. The van der Waals surface area contributed by atoms with Gasteiger partial charge in [-0.15, -0.1) is 22.9 Å². The molecule has 0 bridgehead atoms. The van der Waals surface area contributed by atoms with E-state index in [0.717, 1.165) is 11.8 Å². The third-order valence-corrected chi connectivity index (χ3v) is 5.99. The van der Waals surface area contributed by atoms with Crippen LogP contribution in [0.5, 0.6) is 0 Å². The molecule has 1 aromatic heterocycles. The largest absolute Gasteiger partial charge is 0.149 e. The summed E-state index contributed by atoms with van der Waals surface area (Å²) in [6.07, 6.45) is 10.9. The molecule has 1 aliphatic carbocycles. The zero-order valence-corrected chi connectivity index (χ0v) is 13.0. The summed E-state index contributed by atoms with van der Waals surface area (Å²) in [6.45, 7) is 2.29. The van der Waals surface area contributed by atoms with Crippen LogP contribution in [0, 0.1) is 11.3 Å². The summed E-state index contributed by atoms with van der Waals surface area (Å²) in [5.74, 6) is 1.82. The minimum atomic E-state index is 0.398. The van der Waals surface area contributed by atoms with Gasteiger partial charge in [-0.1, -0.05) is 32.3 Å². The predicted molar refractivity (Wildman–Crippen MR) is 82.7 cm³/mol. The number of halogens is 1. The van der Waals surface area contributed by atoms with Gasteiger partial charge < -0.3 is 0 Å². The summed E-state index contributed by atoms with van der Waals surface area (Å²) < 4.78 is 0. The van der Waals surface area contributed by atoms with Gasteiger partial charge in [0.15, 0.2) is 0 Å². The number of hydrogen-bond donors (Lipinski definition) is 0. The van der Waals surface area contributed by atoms with Crippen molar-refractivity contribution in [1.82, 2.24) is 0 Å². The van der Waals surface area contributed by atoms with Gasteiger partial charge in [-0.25, -0.2) is 0 Å². The van der Waals surface area contributed by atoms with Crippen LogP contribution in [0.4, 0.5) is 0 Å². The Hall–Kier alpha value is -0.0100. The SMILES string of the molecule is CCCCC1CCC(CCl)(Cc2cccs2)CC1. The Morgan fingerprint density at radius 2 is 2.17 bits per heavy atom. The summed E-state index contributed by atoms with van der Waals surface area (Å²) >= 11 is 8.20. The van der Waals surface area contributed by atoms with Gasteiger partial charge in [-0.3, -0.25) is 0 Å². The van der Waals surface area contributed by atoms with Crippen LogP contribution in [0.15, 0.2) is 17.5 Å².